The molecule has 4 nitrogen and oxygen atoms in total. The van der Waals surface area contributed by atoms with Gasteiger partial charge in [0.25, 0.3) is 0 Å². The number of nitrogens with zero attached hydrogens (tertiary/aromatic N) is 2. The Hall–Kier alpha value is -1.42. The largest absolute Gasteiger partial charge is 0.477 e. The van der Waals surface area contributed by atoms with Crippen molar-refractivity contribution in [3.63, 3.8) is 0 Å². The monoisotopic (exact) mass is 196 g/mol. The van der Waals surface area contributed by atoms with Gasteiger partial charge < -0.3 is 5.11 Å². The first-order valence-corrected chi connectivity index (χ1v) is 4.00. The minimum absolute atomic E-state index is 0.116. The first-order valence-electron chi connectivity index (χ1n) is 3.62. The third kappa shape index (κ3) is 1.40. The summed E-state index contributed by atoms with van der Waals surface area (Å²) >= 11 is 5.69. The van der Waals surface area contributed by atoms with Gasteiger partial charge in [0.2, 0.25) is 0 Å². The van der Waals surface area contributed by atoms with E-state index in [-0.39, 0.29) is 5.71 Å². The molecule has 0 saturated carbocycles. The minimum atomic E-state index is -1.01. The van der Waals surface area contributed by atoms with Gasteiger partial charge in [-0.25, -0.2) is 14.8 Å². The highest BCUT2D eigenvalue weighted by Crippen LogP contribution is 2.26. The molecule has 1 N–H and O–H groups in total. The number of halogens is 1. The maximum absolute atomic E-state index is 10.6. The molecule has 13 heavy (non-hydrogen) atoms. The highest BCUT2D eigenvalue weighted by Gasteiger charge is 2.20. The molecule has 0 saturated heterocycles. The zero-order valence-electron chi connectivity index (χ0n) is 6.49. The van der Waals surface area contributed by atoms with Gasteiger partial charge in [-0.1, -0.05) is 11.6 Å². The van der Waals surface area contributed by atoms with Crippen molar-refractivity contribution >= 4 is 29.1 Å². The number of aliphatic carboxylic acids is 1. The molecular weight excluding hydrogens is 192 g/mol. The molecule has 2 heterocycles. The molecule has 0 fully saturated rings. The number of aliphatic imine (C=N–C) groups is 1. The van der Waals surface area contributed by atoms with Gasteiger partial charge in [-0.05, 0) is 6.07 Å². The van der Waals surface area contributed by atoms with Crippen molar-refractivity contribution in [2.45, 2.75) is 6.42 Å². The molecule has 1 aliphatic heterocycles. The van der Waals surface area contributed by atoms with Crippen molar-refractivity contribution in [2.75, 3.05) is 0 Å². The number of carboxylic acid groups (broad SMARTS) is 1. The Morgan fingerprint density at radius 1 is 1.62 bits per heavy atom. The van der Waals surface area contributed by atoms with E-state index in [0.717, 1.165) is 5.56 Å². The summed E-state index contributed by atoms with van der Waals surface area (Å²) in [5.74, 6) is -0.545. The van der Waals surface area contributed by atoms with Crippen molar-refractivity contribution in [1.82, 2.24) is 4.98 Å². The zero-order valence-corrected chi connectivity index (χ0v) is 7.25. The molecule has 2 rings (SSSR count). The van der Waals surface area contributed by atoms with Crippen LogP contribution in [0.25, 0.3) is 0 Å². The van der Waals surface area contributed by atoms with Crippen LogP contribution in [-0.4, -0.2) is 21.8 Å². The maximum atomic E-state index is 10.6. The lowest BCUT2D eigenvalue weighted by Gasteiger charge is -1.94. The summed E-state index contributed by atoms with van der Waals surface area (Å²) in [6, 6.07) is 1.68. The molecule has 1 aromatic heterocycles. The number of fused-ring (bicyclic) bond motifs is 1. The number of hydrogen-bond acceptors (Lipinski definition) is 3. The third-order valence-corrected chi connectivity index (χ3v) is 1.96. The molecule has 0 radical (unpaired) electrons. The van der Waals surface area contributed by atoms with E-state index in [2.05, 4.69) is 9.98 Å². The van der Waals surface area contributed by atoms with Gasteiger partial charge in [0, 0.05) is 18.2 Å². The number of carbonyl (C=O) groups is 1. The first kappa shape index (κ1) is 8.19. The highest BCUT2D eigenvalue weighted by molar-refractivity contribution is 6.38. The van der Waals surface area contributed by atoms with Crippen LogP contribution in [0.2, 0.25) is 5.02 Å². The van der Waals surface area contributed by atoms with Crippen LogP contribution in [0.4, 0.5) is 5.82 Å². The van der Waals surface area contributed by atoms with Crippen LogP contribution in [0.5, 0.6) is 0 Å². The third-order valence-electron chi connectivity index (χ3n) is 1.76. The second-order valence-corrected chi connectivity index (χ2v) is 3.11. The molecule has 1 aromatic rings. The number of hydrogen-bond donors (Lipinski definition) is 1. The summed E-state index contributed by atoms with van der Waals surface area (Å²) in [5.41, 5.74) is 0.884. The Balaban J connectivity index is 2.41. The van der Waals surface area contributed by atoms with Crippen LogP contribution in [-0.2, 0) is 11.2 Å². The molecule has 0 atom stereocenters. The van der Waals surface area contributed by atoms with Gasteiger partial charge in [-0.15, -0.1) is 0 Å². The van der Waals surface area contributed by atoms with Gasteiger partial charge in [-0.3, -0.25) is 0 Å². The number of rotatable bonds is 1. The molecule has 0 amide bonds. The molecular formula is C8H5ClN2O2. The molecule has 0 bridgehead atoms. The predicted molar refractivity (Wildman–Crippen MR) is 47.7 cm³/mol. The average Bonchev–Trinajstić information content (AvgIpc) is 2.46. The molecule has 0 aromatic carbocycles. The van der Waals surface area contributed by atoms with Crippen LogP contribution >= 0.6 is 11.6 Å². The fourth-order valence-corrected chi connectivity index (χ4v) is 1.36. The summed E-state index contributed by atoms with van der Waals surface area (Å²) < 4.78 is 0. The lowest BCUT2D eigenvalue weighted by atomic mass is 10.2. The lowest BCUT2D eigenvalue weighted by molar-refractivity contribution is -0.129. The van der Waals surface area contributed by atoms with Crippen molar-refractivity contribution in [1.29, 1.82) is 0 Å². The molecule has 1 aliphatic rings. The minimum Gasteiger partial charge on any atom is -0.477 e. The van der Waals surface area contributed by atoms with Gasteiger partial charge in [0.05, 0.1) is 5.02 Å². The van der Waals surface area contributed by atoms with Gasteiger partial charge >= 0.3 is 5.97 Å². The molecule has 0 spiro atoms. The van der Waals surface area contributed by atoms with E-state index in [9.17, 15) is 4.79 Å². The Labute approximate surface area is 78.9 Å². The van der Waals surface area contributed by atoms with E-state index in [1.807, 2.05) is 0 Å². The smallest absolute Gasteiger partial charge is 0.350 e. The Morgan fingerprint density at radius 2 is 2.38 bits per heavy atom. The second kappa shape index (κ2) is 2.81. The lowest BCUT2D eigenvalue weighted by Crippen LogP contribution is -2.11. The van der Waals surface area contributed by atoms with E-state index >= 15 is 0 Å². The summed E-state index contributed by atoms with van der Waals surface area (Å²) in [5, 5.41) is 9.16. The van der Waals surface area contributed by atoms with Crippen LogP contribution < -0.4 is 0 Å². The zero-order chi connectivity index (χ0) is 9.42. The first-order chi connectivity index (χ1) is 6.16. The summed E-state index contributed by atoms with van der Waals surface area (Å²) in [7, 11) is 0. The number of carboxylic acids is 1. The fourth-order valence-electron chi connectivity index (χ4n) is 1.18. The van der Waals surface area contributed by atoms with Crippen LogP contribution in [0.15, 0.2) is 17.3 Å². The molecule has 66 valence electrons. The quantitative estimate of drug-likeness (QED) is 0.740. The number of pyridine rings is 1. The van der Waals surface area contributed by atoms with Crippen molar-refractivity contribution in [3.8, 4) is 0 Å². The molecule has 5 heteroatoms. The SMILES string of the molecule is O=C(O)C1=Nc2ncc(Cl)cc2C1. The van der Waals surface area contributed by atoms with Crippen molar-refractivity contribution < 1.29 is 9.90 Å². The number of aromatic nitrogens is 1. The average molecular weight is 197 g/mol. The van der Waals surface area contributed by atoms with Gasteiger partial charge in [0.15, 0.2) is 5.82 Å². The molecule has 0 unspecified atom stereocenters. The van der Waals surface area contributed by atoms with E-state index in [4.69, 9.17) is 16.7 Å². The van der Waals surface area contributed by atoms with E-state index in [0.29, 0.717) is 17.3 Å². The summed E-state index contributed by atoms with van der Waals surface area (Å²) in [6.07, 6.45) is 1.76. The Morgan fingerprint density at radius 3 is 3.08 bits per heavy atom. The normalized spacial score (nSPS) is 13.8. The summed E-state index contributed by atoms with van der Waals surface area (Å²) in [6.45, 7) is 0. The standard InChI is InChI=1S/C8H5ClN2O2/c9-5-1-4-2-6(8(12)13)11-7(4)10-3-5/h1,3H,2H2,(H,12,13). The van der Waals surface area contributed by atoms with Crippen molar-refractivity contribution in [2.24, 2.45) is 4.99 Å². The Bertz CT molecular complexity index is 415. The fraction of sp³-hybridized carbons (Fsp3) is 0.125. The topological polar surface area (TPSA) is 62.5 Å². The van der Waals surface area contributed by atoms with Crippen LogP contribution in [0.3, 0.4) is 0 Å². The predicted octanol–water partition coefficient (Wildman–Crippen LogP) is 1.45. The Kier molecular flexibility index (Phi) is 1.77. The van der Waals surface area contributed by atoms with Crippen LogP contribution in [0.1, 0.15) is 5.56 Å². The van der Waals surface area contributed by atoms with Crippen molar-refractivity contribution in [3.05, 3.63) is 22.8 Å². The molecule has 0 aliphatic carbocycles. The van der Waals surface area contributed by atoms with E-state index in [1.165, 1.54) is 6.20 Å². The maximum Gasteiger partial charge on any atom is 0.350 e. The van der Waals surface area contributed by atoms with Crippen LogP contribution in [0, 0.1) is 0 Å². The van der Waals surface area contributed by atoms with E-state index in [1.54, 1.807) is 6.07 Å². The second-order valence-electron chi connectivity index (χ2n) is 2.68. The van der Waals surface area contributed by atoms with Gasteiger partial charge in [-0.2, -0.15) is 0 Å². The van der Waals surface area contributed by atoms with Gasteiger partial charge in [0.1, 0.15) is 5.71 Å². The summed E-state index contributed by atoms with van der Waals surface area (Å²) in [4.78, 5) is 18.3. The highest BCUT2D eigenvalue weighted by atomic mass is 35.5. The van der Waals surface area contributed by atoms with E-state index < -0.39 is 5.97 Å².